The average molecular weight is 233 g/mol. The minimum atomic E-state index is -0.00748. The maximum atomic E-state index is 9.02. The molecule has 0 saturated carbocycles. The smallest absolute Gasteiger partial charge is 0.0936 e. The zero-order valence-electron chi connectivity index (χ0n) is 7.78. The van der Waals surface area contributed by atoms with Gasteiger partial charge in [-0.25, -0.2) is 0 Å². The number of hydrogen-bond acceptors (Lipinski definition) is 3. The quantitative estimate of drug-likeness (QED) is 0.850. The van der Waals surface area contributed by atoms with Gasteiger partial charge in [-0.1, -0.05) is 11.6 Å². The first-order chi connectivity index (χ1) is 6.81. The van der Waals surface area contributed by atoms with Gasteiger partial charge in [0.2, 0.25) is 0 Å². The van der Waals surface area contributed by atoms with Crippen molar-refractivity contribution in [3.05, 3.63) is 21.3 Å². The molecule has 0 amide bonds. The van der Waals surface area contributed by atoms with Crippen LogP contribution in [0.15, 0.2) is 11.4 Å². The summed E-state index contributed by atoms with van der Waals surface area (Å²) in [7, 11) is 0. The Bertz CT molecular complexity index is 300. The predicted molar refractivity (Wildman–Crippen MR) is 57.9 cm³/mol. The van der Waals surface area contributed by atoms with E-state index in [-0.39, 0.29) is 18.8 Å². The van der Waals surface area contributed by atoms with Crippen LogP contribution in [0.4, 0.5) is 0 Å². The molecule has 0 bridgehead atoms. The van der Waals surface area contributed by atoms with Crippen molar-refractivity contribution in [1.82, 2.24) is 0 Å². The Morgan fingerprint density at radius 3 is 3.07 bits per heavy atom. The van der Waals surface area contributed by atoms with Crippen molar-refractivity contribution in [2.75, 3.05) is 6.61 Å². The second-order valence-electron chi connectivity index (χ2n) is 3.49. The zero-order chi connectivity index (χ0) is 9.97. The highest BCUT2D eigenvalue weighted by molar-refractivity contribution is 7.10. The summed E-state index contributed by atoms with van der Waals surface area (Å²) in [5.41, 5.74) is 0. The lowest BCUT2D eigenvalue weighted by Gasteiger charge is -2.28. The van der Waals surface area contributed by atoms with E-state index in [1.165, 1.54) is 0 Å². The Kier molecular flexibility index (Phi) is 3.44. The Morgan fingerprint density at radius 2 is 2.43 bits per heavy atom. The van der Waals surface area contributed by atoms with Crippen molar-refractivity contribution < 1.29 is 9.84 Å². The van der Waals surface area contributed by atoms with Gasteiger partial charge in [0.05, 0.1) is 28.7 Å². The van der Waals surface area contributed by atoms with E-state index < -0.39 is 0 Å². The molecule has 2 atom stereocenters. The highest BCUT2D eigenvalue weighted by atomic mass is 35.5. The fourth-order valence-corrected chi connectivity index (χ4v) is 3.01. The lowest BCUT2D eigenvalue weighted by atomic mass is 10.0. The lowest BCUT2D eigenvalue weighted by molar-refractivity contribution is -0.0721. The Balaban J connectivity index is 2.08. The summed E-state index contributed by atoms with van der Waals surface area (Å²) in [5, 5.41) is 11.8. The van der Waals surface area contributed by atoms with E-state index in [0.29, 0.717) is 0 Å². The number of rotatable bonds is 2. The van der Waals surface area contributed by atoms with Gasteiger partial charge in [0.15, 0.2) is 0 Å². The van der Waals surface area contributed by atoms with Gasteiger partial charge in [0.1, 0.15) is 0 Å². The Labute approximate surface area is 92.5 Å². The number of aliphatic hydroxyl groups is 1. The molecule has 0 aromatic carbocycles. The Hall–Kier alpha value is -0.0900. The monoisotopic (exact) mass is 232 g/mol. The minimum Gasteiger partial charge on any atom is -0.394 e. The van der Waals surface area contributed by atoms with Crippen molar-refractivity contribution >= 4 is 22.9 Å². The molecule has 1 saturated heterocycles. The van der Waals surface area contributed by atoms with E-state index >= 15 is 0 Å². The van der Waals surface area contributed by atoms with Crippen LogP contribution in [0, 0.1) is 0 Å². The molecule has 0 aliphatic carbocycles. The van der Waals surface area contributed by atoms with Crippen LogP contribution in [0.5, 0.6) is 0 Å². The first-order valence-corrected chi connectivity index (χ1v) is 6.06. The minimum absolute atomic E-state index is 0.00748. The number of hydrogen-bond donors (Lipinski definition) is 1. The molecular weight excluding hydrogens is 220 g/mol. The van der Waals surface area contributed by atoms with E-state index in [1.54, 1.807) is 11.3 Å². The van der Waals surface area contributed by atoms with Gasteiger partial charge in [-0.15, -0.1) is 11.3 Å². The fraction of sp³-hybridized carbons (Fsp3) is 0.600. The van der Waals surface area contributed by atoms with Crippen LogP contribution in [-0.4, -0.2) is 17.8 Å². The molecule has 2 heterocycles. The van der Waals surface area contributed by atoms with Crippen LogP contribution in [0.25, 0.3) is 0 Å². The molecule has 1 aliphatic heterocycles. The van der Waals surface area contributed by atoms with E-state index in [2.05, 4.69) is 0 Å². The van der Waals surface area contributed by atoms with Crippen molar-refractivity contribution in [2.45, 2.75) is 31.5 Å². The molecule has 2 rings (SSSR count). The van der Waals surface area contributed by atoms with Crippen molar-refractivity contribution in [2.24, 2.45) is 0 Å². The van der Waals surface area contributed by atoms with Gasteiger partial charge in [0, 0.05) is 0 Å². The van der Waals surface area contributed by atoms with Crippen molar-refractivity contribution in [3.63, 3.8) is 0 Å². The molecule has 1 aliphatic rings. The molecule has 4 heteroatoms. The number of thiophene rings is 1. The van der Waals surface area contributed by atoms with Gasteiger partial charge in [0.25, 0.3) is 0 Å². The normalized spacial score (nSPS) is 27.9. The number of ether oxygens (including phenoxy) is 1. The molecule has 0 radical (unpaired) electrons. The molecule has 0 spiro atoms. The summed E-state index contributed by atoms with van der Waals surface area (Å²) >= 11 is 7.66. The third kappa shape index (κ3) is 2.11. The molecule has 78 valence electrons. The molecule has 1 aromatic rings. The standard InChI is InChI=1S/C10H13ClO2S/c11-8-4-5-14-10(8)9-3-1-2-7(6-12)13-9/h4-5,7,9,12H,1-3,6H2. The third-order valence-corrected chi connectivity index (χ3v) is 3.94. The van der Waals surface area contributed by atoms with Gasteiger partial charge >= 0.3 is 0 Å². The third-order valence-electron chi connectivity index (χ3n) is 2.49. The second kappa shape index (κ2) is 4.62. The van der Waals surface area contributed by atoms with Crippen LogP contribution in [-0.2, 0) is 4.74 Å². The molecule has 1 fully saturated rings. The van der Waals surface area contributed by atoms with Crippen LogP contribution >= 0.6 is 22.9 Å². The molecule has 1 N–H and O–H groups in total. The van der Waals surface area contributed by atoms with Crippen molar-refractivity contribution in [3.8, 4) is 0 Å². The first kappa shape index (κ1) is 10.4. The van der Waals surface area contributed by atoms with Crippen LogP contribution < -0.4 is 0 Å². The average Bonchev–Trinajstić information content (AvgIpc) is 2.65. The van der Waals surface area contributed by atoms with Crippen LogP contribution in [0.2, 0.25) is 5.02 Å². The lowest BCUT2D eigenvalue weighted by Crippen LogP contribution is -2.25. The summed E-state index contributed by atoms with van der Waals surface area (Å²) < 4.78 is 5.74. The predicted octanol–water partition coefficient (Wildman–Crippen LogP) is 3.00. The first-order valence-electron chi connectivity index (χ1n) is 4.80. The summed E-state index contributed by atoms with van der Waals surface area (Å²) in [4.78, 5) is 1.10. The molecular formula is C10H13ClO2S. The van der Waals surface area contributed by atoms with E-state index in [9.17, 15) is 0 Å². The van der Waals surface area contributed by atoms with E-state index in [1.807, 2.05) is 11.4 Å². The zero-order valence-corrected chi connectivity index (χ0v) is 9.35. The van der Waals surface area contributed by atoms with Gasteiger partial charge in [-0.2, -0.15) is 0 Å². The maximum Gasteiger partial charge on any atom is 0.0936 e. The molecule has 2 unspecified atom stereocenters. The fourth-order valence-electron chi connectivity index (χ4n) is 1.76. The molecule has 2 nitrogen and oxygen atoms in total. The van der Waals surface area contributed by atoms with E-state index in [4.69, 9.17) is 21.4 Å². The highest BCUT2D eigenvalue weighted by Crippen LogP contribution is 2.37. The SMILES string of the molecule is OCC1CCCC(c2sccc2Cl)O1. The topological polar surface area (TPSA) is 29.5 Å². The van der Waals surface area contributed by atoms with E-state index in [0.717, 1.165) is 29.2 Å². The molecule has 1 aromatic heterocycles. The summed E-state index contributed by atoms with van der Waals surface area (Å²) in [6.07, 6.45) is 3.15. The van der Waals surface area contributed by atoms with Crippen LogP contribution in [0.3, 0.4) is 0 Å². The second-order valence-corrected chi connectivity index (χ2v) is 4.85. The summed E-state index contributed by atoms with van der Waals surface area (Å²) in [5.74, 6) is 0. The van der Waals surface area contributed by atoms with Gasteiger partial charge in [-0.3, -0.25) is 0 Å². The maximum absolute atomic E-state index is 9.02. The Morgan fingerprint density at radius 1 is 1.57 bits per heavy atom. The van der Waals surface area contributed by atoms with Crippen LogP contribution in [0.1, 0.15) is 30.2 Å². The number of halogens is 1. The van der Waals surface area contributed by atoms with Gasteiger partial charge < -0.3 is 9.84 Å². The summed E-state index contributed by atoms with van der Waals surface area (Å²) in [6.45, 7) is 0.111. The highest BCUT2D eigenvalue weighted by Gasteiger charge is 2.25. The summed E-state index contributed by atoms with van der Waals surface area (Å²) in [6, 6.07) is 1.90. The number of aliphatic hydroxyl groups excluding tert-OH is 1. The van der Waals surface area contributed by atoms with Gasteiger partial charge in [-0.05, 0) is 30.7 Å². The van der Waals surface area contributed by atoms with Crippen molar-refractivity contribution in [1.29, 1.82) is 0 Å². The largest absolute Gasteiger partial charge is 0.394 e. The molecule has 14 heavy (non-hydrogen) atoms.